The molecule has 1 fully saturated rings. The third-order valence-corrected chi connectivity index (χ3v) is 5.08. The summed E-state index contributed by atoms with van der Waals surface area (Å²) in [7, 11) is -2.77. The average molecular weight is 247 g/mol. The van der Waals surface area contributed by atoms with Crippen LogP contribution < -0.4 is 5.32 Å². The van der Waals surface area contributed by atoms with Gasteiger partial charge in [0, 0.05) is 6.04 Å². The number of nitrogens with one attached hydrogen (secondary N) is 1. The average Bonchev–Trinajstić information content (AvgIpc) is 2.44. The van der Waals surface area contributed by atoms with Crippen LogP contribution in [0.25, 0.3) is 0 Å². The van der Waals surface area contributed by atoms with Gasteiger partial charge in [0.25, 0.3) is 0 Å². The second-order valence-electron chi connectivity index (χ2n) is 5.96. The number of rotatable bonds is 4. The first-order valence-electron chi connectivity index (χ1n) is 6.20. The highest BCUT2D eigenvalue weighted by Gasteiger charge is 2.38. The molecule has 0 radical (unpaired) electrons. The Balaban J connectivity index is 2.71. The van der Waals surface area contributed by atoms with Gasteiger partial charge in [-0.1, -0.05) is 27.7 Å². The SMILES string of the molecule is CCCNC(C1CCS(=O)(=O)C1)C(C)(C)C. The molecule has 1 N–H and O–H groups in total. The van der Waals surface area contributed by atoms with Gasteiger partial charge in [-0.2, -0.15) is 0 Å². The normalized spacial score (nSPS) is 26.9. The van der Waals surface area contributed by atoms with Crippen molar-refractivity contribution in [2.75, 3.05) is 18.1 Å². The van der Waals surface area contributed by atoms with E-state index >= 15 is 0 Å². The highest BCUT2D eigenvalue weighted by atomic mass is 32.2. The summed E-state index contributed by atoms with van der Waals surface area (Å²) >= 11 is 0. The maximum atomic E-state index is 11.5. The third kappa shape index (κ3) is 3.74. The Labute approximate surface area is 99.9 Å². The van der Waals surface area contributed by atoms with Gasteiger partial charge in [-0.15, -0.1) is 0 Å². The van der Waals surface area contributed by atoms with Crippen LogP contribution in [-0.2, 0) is 9.84 Å². The molecule has 3 nitrogen and oxygen atoms in total. The van der Waals surface area contributed by atoms with E-state index in [1.54, 1.807) is 0 Å². The summed E-state index contributed by atoms with van der Waals surface area (Å²) in [4.78, 5) is 0. The first-order chi connectivity index (χ1) is 7.26. The summed E-state index contributed by atoms with van der Waals surface area (Å²) in [5.41, 5.74) is 0.125. The van der Waals surface area contributed by atoms with Crippen molar-refractivity contribution in [2.45, 2.75) is 46.6 Å². The lowest BCUT2D eigenvalue weighted by Crippen LogP contribution is -2.46. The van der Waals surface area contributed by atoms with Crippen LogP contribution >= 0.6 is 0 Å². The van der Waals surface area contributed by atoms with Crippen molar-refractivity contribution in [3.63, 3.8) is 0 Å². The lowest BCUT2D eigenvalue weighted by molar-refractivity contribution is 0.205. The molecule has 0 amide bonds. The maximum absolute atomic E-state index is 11.5. The van der Waals surface area contributed by atoms with E-state index in [2.05, 4.69) is 33.0 Å². The number of hydrogen-bond acceptors (Lipinski definition) is 3. The van der Waals surface area contributed by atoms with Gasteiger partial charge in [0.1, 0.15) is 0 Å². The third-order valence-electron chi connectivity index (χ3n) is 3.29. The molecule has 0 bridgehead atoms. The van der Waals surface area contributed by atoms with Crippen molar-refractivity contribution in [2.24, 2.45) is 11.3 Å². The molecule has 1 aliphatic rings. The molecule has 0 spiro atoms. The van der Waals surface area contributed by atoms with Crippen molar-refractivity contribution in [3.8, 4) is 0 Å². The second-order valence-corrected chi connectivity index (χ2v) is 8.19. The summed E-state index contributed by atoms with van der Waals surface area (Å²) in [6.07, 6.45) is 1.91. The van der Waals surface area contributed by atoms with Gasteiger partial charge in [-0.25, -0.2) is 8.42 Å². The molecule has 96 valence electrons. The maximum Gasteiger partial charge on any atom is 0.150 e. The van der Waals surface area contributed by atoms with Crippen LogP contribution in [0.15, 0.2) is 0 Å². The predicted molar refractivity (Wildman–Crippen MR) is 68.3 cm³/mol. The first kappa shape index (κ1) is 14.0. The summed E-state index contributed by atoms with van der Waals surface area (Å²) in [6, 6.07) is 0.310. The lowest BCUT2D eigenvalue weighted by atomic mass is 9.78. The number of hydrogen-bond donors (Lipinski definition) is 1. The quantitative estimate of drug-likeness (QED) is 0.824. The van der Waals surface area contributed by atoms with E-state index in [1.165, 1.54) is 0 Å². The smallest absolute Gasteiger partial charge is 0.150 e. The minimum absolute atomic E-state index is 0.125. The zero-order valence-corrected chi connectivity index (χ0v) is 11.7. The molecular formula is C12H25NO2S. The fourth-order valence-electron chi connectivity index (χ4n) is 2.57. The van der Waals surface area contributed by atoms with E-state index in [1.807, 2.05) is 0 Å². The minimum atomic E-state index is -2.77. The number of sulfone groups is 1. The summed E-state index contributed by atoms with van der Waals surface area (Å²) in [6.45, 7) is 9.67. The molecule has 1 rings (SSSR count). The van der Waals surface area contributed by atoms with Gasteiger partial charge in [-0.3, -0.25) is 0 Å². The monoisotopic (exact) mass is 247 g/mol. The standard InChI is InChI=1S/C12H25NO2S/c1-5-7-13-11(12(2,3)4)10-6-8-16(14,15)9-10/h10-11,13H,5-9H2,1-4H3. The van der Waals surface area contributed by atoms with Crippen LogP contribution in [0, 0.1) is 11.3 Å². The molecule has 2 unspecified atom stereocenters. The second kappa shape index (κ2) is 5.05. The molecule has 1 saturated heterocycles. The Kier molecular flexibility index (Phi) is 4.41. The Hall–Kier alpha value is -0.0900. The van der Waals surface area contributed by atoms with Crippen molar-refractivity contribution >= 4 is 9.84 Å². The summed E-state index contributed by atoms with van der Waals surface area (Å²) < 4.78 is 23.0. The summed E-state index contributed by atoms with van der Waals surface area (Å²) in [5, 5.41) is 3.52. The van der Waals surface area contributed by atoms with Crippen molar-refractivity contribution < 1.29 is 8.42 Å². The van der Waals surface area contributed by atoms with Crippen LogP contribution in [0.1, 0.15) is 40.5 Å². The molecular weight excluding hydrogens is 222 g/mol. The Morgan fingerprint density at radius 3 is 2.38 bits per heavy atom. The van der Waals surface area contributed by atoms with Crippen molar-refractivity contribution in [1.82, 2.24) is 5.32 Å². The van der Waals surface area contributed by atoms with Crippen LogP contribution in [0.5, 0.6) is 0 Å². The van der Waals surface area contributed by atoms with E-state index in [0.717, 1.165) is 19.4 Å². The van der Waals surface area contributed by atoms with Crippen LogP contribution in [0.3, 0.4) is 0 Å². The Bertz CT molecular complexity index is 316. The van der Waals surface area contributed by atoms with Gasteiger partial charge >= 0.3 is 0 Å². The molecule has 4 heteroatoms. The fourth-order valence-corrected chi connectivity index (χ4v) is 4.41. The molecule has 2 atom stereocenters. The first-order valence-corrected chi connectivity index (χ1v) is 8.02. The molecule has 0 aromatic heterocycles. The van der Waals surface area contributed by atoms with Crippen molar-refractivity contribution in [3.05, 3.63) is 0 Å². The van der Waals surface area contributed by atoms with Gasteiger partial charge in [0.05, 0.1) is 11.5 Å². The minimum Gasteiger partial charge on any atom is -0.313 e. The van der Waals surface area contributed by atoms with Gasteiger partial charge < -0.3 is 5.32 Å². The van der Waals surface area contributed by atoms with E-state index < -0.39 is 9.84 Å². The molecule has 16 heavy (non-hydrogen) atoms. The largest absolute Gasteiger partial charge is 0.313 e. The molecule has 0 aliphatic carbocycles. The van der Waals surface area contributed by atoms with Gasteiger partial charge in [0.15, 0.2) is 9.84 Å². The van der Waals surface area contributed by atoms with Crippen LogP contribution in [0.4, 0.5) is 0 Å². The van der Waals surface area contributed by atoms with E-state index in [-0.39, 0.29) is 11.3 Å². The highest BCUT2D eigenvalue weighted by molar-refractivity contribution is 7.91. The van der Waals surface area contributed by atoms with Gasteiger partial charge in [0.2, 0.25) is 0 Å². The zero-order valence-electron chi connectivity index (χ0n) is 10.9. The molecule has 0 aromatic carbocycles. The van der Waals surface area contributed by atoms with Crippen molar-refractivity contribution in [1.29, 1.82) is 0 Å². The zero-order chi connectivity index (χ0) is 12.4. The molecule has 1 heterocycles. The van der Waals surface area contributed by atoms with Gasteiger partial charge in [-0.05, 0) is 30.7 Å². The van der Waals surface area contributed by atoms with E-state index in [0.29, 0.717) is 17.5 Å². The molecule has 0 saturated carbocycles. The molecule has 0 aromatic rings. The Morgan fingerprint density at radius 2 is 2.00 bits per heavy atom. The van der Waals surface area contributed by atoms with Crippen LogP contribution in [0.2, 0.25) is 0 Å². The highest BCUT2D eigenvalue weighted by Crippen LogP contribution is 2.32. The van der Waals surface area contributed by atoms with Crippen LogP contribution in [-0.4, -0.2) is 32.5 Å². The lowest BCUT2D eigenvalue weighted by Gasteiger charge is -2.35. The van der Waals surface area contributed by atoms with E-state index in [9.17, 15) is 8.42 Å². The summed E-state index contributed by atoms with van der Waals surface area (Å²) in [5.74, 6) is 1.03. The topological polar surface area (TPSA) is 46.2 Å². The predicted octanol–water partition coefficient (Wildman–Crippen LogP) is 1.84. The Morgan fingerprint density at radius 1 is 1.38 bits per heavy atom. The fraction of sp³-hybridized carbons (Fsp3) is 1.00. The van der Waals surface area contributed by atoms with E-state index in [4.69, 9.17) is 0 Å². The molecule has 1 aliphatic heterocycles.